The zero-order valence-corrected chi connectivity index (χ0v) is 16.5. The molecule has 26 heavy (non-hydrogen) atoms. The van der Waals surface area contributed by atoms with Gasteiger partial charge in [0.2, 0.25) is 11.9 Å². The number of carbonyl (C=O) groups is 1. The van der Waals surface area contributed by atoms with Gasteiger partial charge in [0.1, 0.15) is 0 Å². The number of benzene rings is 1. The fourth-order valence-electron chi connectivity index (χ4n) is 3.35. The first-order valence-corrected chi connectivity index (χ1v) is 9.37. The van der Waals surface area contributed by atoms with E-state index in [0.29, 0.717) is 11.0 Å². The number of likely N-dealkylation sites (tertiary alicyclic amines) is 1. The summed E-state index contributed by atoms with van der Waals surface area (Å²) in [5.74, 6) is 0.811. The summed E-state index contributed by atoms with van der Waals surface area (Å²) >= 11 is 6.04. The number of hydrogen-bond acceptors (Lipinski definition) is 4. The van der Waals surface area contributed by atoms with Gasteiger partial charge in [-0.05, 0) is 30.5 Å². The second-order valence-electron chi connectivity index (χ2n) is 7.21. The Bertz CT molecular complexity index is 789. The maximum Gasteiger partial charge on any atom is 0.225 e. The quantitative estimate of drug-likeness (QED) is 0.807. The largest absolute Gasteiger partial charge is 0.347 e. The predicted molar refractivity (Wildman–Crippen MR) is 105 cm³/mol. The molecule has 0 aliphatic carbocycles. The summed E-state index contributed by atoms with van der Waals surface area (Å²) in [5, 5.41) is 0.693. The topological polar surface area (TPSA) is 49.3 Å². The van der Waals surface area contributed by atoms with Gasteiger partial charge in [-0.15, -0.1) is 0 Å². The number of aromatic nitrogens is 2. The Morgan fingerprint density at radius 2 is 1.96 bits per heavy atom. The van der Waals surface area contributed by atoms with Gasteiger partial charge in [0.25, 0.3) is 0 Å². The smallest absolute Gasteiger partial charge is 0.225 e. The van der Waals surface area contributed by atoms with Crippen LogP contribution >= 0.6 is 11.6 Å². The highest BCUT2D eigenvalue weighted by Crippen LogP contribution is 2.38. The van der Waals surface area contributed by atoms with E-state index in [0.717, 1.165) is 36.2 Å². The van der Waals surface area contributed by atoms with E-state index >= 15 is 0 Å². The van der Waals surface area contributed by atoms with Gasteiger partial charge in [0.05, 0.1) is 11.7 Å². The van der Waals surface area contributed by atoms with Gasteiger partial charge in [0.15, 0.2) is 0 Å². The van der Waals surface area contributed by atoms with Crippen molar-refractivity contribution in [1.29, 1.82) is 0 Å². The lowest BCUT2D eigenvalue weighted by atomic mass is 9.99. The molecule has 138 valence electrons. The molecule has 1 aliphatic rings. The van der Waals surface area contributed by atoms with Crippen LogP contribution in [-0.4, -0.2) is 41.4 Å². The van der Waals surface area contributed by atoms with Gasteiger partial charge in [-0.1, -0.05) is 37.6 Å². The first-order valence-electron chi connectivity index (χ1n) is 8.99. The fraction of sp³-hybridized carbons (Fsp3) is 0.450. The van der Waals surface area contributed by atoms with Gasteiger partial charge in [-0.25, -0.2) is 9.97 Å². The van der Waals surface area contributed by atoms with Crippen molar-refractivity contribution in [3.63, 3.8) is 0 Å². The number of nitrogens with zero attached hydrogens (tertiary/aromatic N) is 4. The molecule has 1 unspecified atom stereocenters. The first kappa shape index (κ1) is 18.6. The number of hydrogen-bond donors (Lipinski definition) is 0. The number of halogens is 1. The summed E-state index contributed by atoms with van der Waals surface area (Å²) in [5.41, 5.74) is 2.89. The summed E-state index contributed by atoms with van der Waals surface area (Å²) in [6.45, 7) is 4.68. The Hall–Kier alpha value is -2.14. The Balaban J connectivity index is 2.09. The van der Waals surface area contributed by atoms with Crippen LogP contribution in [0.1, 0.15) is 38.4 Å². The molecule has 3 rings (SSSR count). The Labute approximate surface area is 160 Å². The summed E-state index contributed by atoms with van der Waals surface area (Å²) in [6.07, 6.45) is 3.77. The summed E-state index contributed by atoms with van der Waals surface area (Å²) in [6, 6.07) is 7.67. The molecule has 0 spiro atoms. The number of carbonyl (C=O) groups excluding carboxylic acids is 1. The molecule has 0 N–H and O–H groups in total. The van der Waals surface area contributed by atoms with E-state index in [1.54, 1.807) is 0 Å². The van der Waals surface area contributed by atoms with Crippen molar-refractivity contribution in [1.82, 2.24) is 14.9 Å². The summed E-state index contributed by atoms with van der Waals surface area (Å²) in [7, 11) is 3.85. The lowest BCUT2D eigenvalue weighted by Gasteiger charge is -2.28. The molecule has 5 nitrogen and oxygen atoms in total. The van der Waals surface area contributed by atoms with Crippen LogP contribution in [0.2, 0.25) is 5.02 Å². The molecular formula is C20H25ClN4O. The van der Waals surface area contributed by atoms with Gasteiger partial charge in [0, 0.05) is 43.3 Å². The molecule has 1 aliphatic heterocycles. The van der Waals surface area contributed by atoms with Crippen molar-refractivity contribution in [2.24, 2.45) is 5.92 Å². The van der Waals surface area contributed by atoms with E-state index in [9.17, 15) is 4.79 Å². The molecule has 1 aromatic carbocycles. The minimum Gasteiger partial charge on any atom is -0.347 e. The molecule has 1 amide bonds. The second kappa shape index (κ2) is 7.62. The molecule has 0 bridgehead atoms. The third kappa shape index (κ3) is 3.68. The van der Waals surface area contributed by atoms with E-state index < -0.39 is 0 Å². The van der Waals surface area contributed by atoms with Crippen molar-refractivity contribution in [2.75, 3.05) is 25.5 Å². The summed E-state index contributed by atoms with van der Waals surface area (Å²) < 4.78 is 0. The molecule has 6 heteroatoms. The highest BCUT2D eigenvalue weighted by atomic mass is 35.5. The number of amides is 1. The Kier molecular flexibility index (Phi) is 5.47. The Morgan fingerprint density at radius 1 is 1.27 bits per heavy atom. The highest BCUT2D eigenvalue weighted by molar-refractivity contribution is 6.30. The molecule has 2 heterocycles. The molecule has 2 aromatic rings. The summed E-state index contributed by atoms with van der Waals surface area (Å²) in [4.78, 5) is 25.9. The number of anilines is 1. The normalized spacial score (nSPS) is 17.0. The fourth-order valence-corrected chi connectivity index (χ4v) is 3.48. The minimum atomic E-state index is -0.0234. The predicted octanol–water partition coefficient (Wildman–Crippen LogP) is 4.18. The van der Waals surface area contributed by atoms with Crippen molar-refractivity contribution < 1.29 is 4.79 Å². The SMILES string of the molecule is CC(C)C(=O)N1CCCC1c1nc(N(C)C)ncc1-c1ccc(Cl)cc1. The second-order valence-corrected chi connectivity index (χ2v) is 7.65. The molecule has 1 aromatic heterocycles. The van der Waals surface area contributed by atoms with Crippen LogP contribution in [0.3, 0.4) is 0 Å². The maximum absolute atomic E-state index is 12.7. The van der Waals surface area contributed by atoms with Gasteiger partial charge < -0.3 is 9.80 Å². The van der Waals surface area contributed by atoms with Crippen molar-refractivity contribution in [3.05, 3.63) is 41.2 Å². The van der Waals surface area contributed by atoms with Gasteiger partial charge >= 0.3 is 0 Å². The van der Waals surface area contributed by atoms with E-state index in [1.807, 2.05) is 68.2 Å². The van der Waals surface area contributed by atoms with E-state index in [4.69, 9.17) is 16.6 Å². The van der Waals surface area contributed by atoms with E-state index in [1.165, 1.54) is 0 Å². The van der Waals surface area contributed by atoms with Crippen LogP contribution in [0.5, 0.6) is 0 Å². The zero-order chi connectivity index (χ0) is 18.8. The van der Waals surface area contributed by atoms with E-state index in [2.05, 4.69) is 4.98 Å². The lowest BCUT2D eigenvalue weighted by Crippen LogP contribution is -2.34. The van der Waals surface area contributed by atoms with E-state index in [-0.39, 0.29) is 17.9 Å². The van der Waals surface area contributed by atoms with Crippen LogP contribution in [0, 0.1) is 5.92 Å². The van der Waals surface area contributed by atoms with Crippen LogP contribution in [0.4, 0.5) is 5.95 Å². The average Bonchev–Trinajstić information content (AvgIpc) is 3.10. The van der Waals surface area contributed by atoms with Crippen LogP contribution < -0.4 is 4.90 Å². The van der Waals surface area contributed by atoms with Crippen LogP contribution in [-0.2, 0) is 4.79 Å². The lowest BCUT2D eigenvalue weighted by molar-refractivity contribution is -0.135. The third-order valence-corrected chi connectivity index (χ3v) is 4.96. The highest BCUT2D eigenvalue weighted by Gasteiger charge is 2.34. The molecule has 1 saturated heterocycles. The van der Waals surface area contributed by atoms with Crippen molar-refractivity contribution in [3.8, 4) is 11.1 Å². The Morgan fingerprint density at radius 3 is 2.58 bits per heavy atom. The van der Waals surface area contributed by atoms with Gasteiger partial charge in [-0.3, -0.25) is 4.79 Å². The molecular weight excluding hydrogens is 348 g/mol. The molecule has 0 radical (unpaired) electrons. The molecule has 1 fully saturated rings. The van der Waals surface area contributed by atoms with Crippen molar-refractivity contribution >= 4 is 23.5 Å². The average molecular weight is 373 g/mol. The van der Waals surface area contributed by atoms with Crippen molar-refractivity contribution in [2.45, 2.75) is 32.7 Å². The molecule has 0 saturated carbocycles. The first-order chi connectivity index (χ1) is 12.4. The van der Waals surface area contributed by atoms with Crippen LogP contribution in [0.15, 0.2) is 30.5 Å². The monoisotopic (exact) mass is 372 g/mol. The standard InChI is InChI=1S/C20H25ClN4O/c1-13(2)19(26)25-11-5-6-17(25)18-16(12-22-20(23-18)24(3)4)14-7-9-15(21)10-8-14/h7-10,12-13,17H,5-6,11H2,1-4H3. The molecule has 1 atom stereocenters. The van der Waals surface area contributed by atoms with Crippen LogP contribution in [0.25, 0.3) is 11.1 Å². The zero-order valence-electron chi connectivity index (χ0n) is 15.7. The third-order valence-electron chi connectivity index (χ3n) is 4.71. The number of rotatable bonds is 4. The van der Waals surface area contributed by atoms with Gasteiger partial charge in [-0.2, -0.15) is 0 Å². The minimum absolute atomic E-state index is 0.0164. The maximum atomic E-state index is 12.7.